The number of esters is 1. The Bertz CT molecular complexity index is 2120. The predicted octanol–water partition coefficient (Wildman–Crippen LogP) is 5.64. The van der Waals surface area contributed by atoms with Crippen LogP contribution in [0.4, 0.5) is 0 Å². The van der Waals surface area contributed by atoms with Gasteiger partial charge in [-0.05, 0) is 107 Å². The van der Waals surface area contributed by atoms with Gasteiger partial charge >= 0.3 is 5.97 Å². The number of fused-ring (bicyclic) bond motifs is 3. The summed E-state index contributed by atoms with van der Waals surface area (Å²) in [6.45, 7) is 17.3. The molecular weight excluding hydrogens is 1100 g/mol. The van der Waals surface area contributed by atoms with Gasteiger partial charge in [-0.1, -0.05) is 71.1 Å². The summed E-state index contributed by atoms with van der Waals surface area (Å²) in [7, 11) is 2.93. The maximum absolute atomic E-state index is 14.6. The standard InChI is InChI=1S/C64H105NO20/c1-43-15-11-10-12-16-44(2)55(83-36-35-82-34-33-81-32-31-80-30-29-79-28-27-78-26-25-77-24-23-66)41-51-20-18-49(7)64(74,85-51)61(71)62(72)65-22-14-13-17-52(65)63(73)84-56(46(4)39-50-19-21-53(67)57(40-50)75-8)42-54(68)45(3)38-48(6)59(70)60(76-9)58(69)47(5)37-43/h10-12,15-16,38,43,45-47,49-53,55-57,59-60,66-67,70,74H,13-14,17-37,39-42H2,1-9H3/b12-10+,15-11+,44-16+,48-38+/t43-,45-,46-,47-,49-,50+,51+,52+,53-,55?,56+,57-,59-,60+,64-/m1/s1. The SMILES string of the molecule is CO[C@@H]1C[C@H](C[C@@H](C)[C@@H]2CC(=O)[C@H](C)/C=C(\C)[C@@H](O)[C@@H](OC)C(=O)[C@H](C)C[C@H](C)/C=C/C=C/C=C(\C)C(OCCOCCOCCOCCOCCOCCOCCO)C[C@@H]3CC[C@@H](C)[C@@](O)(O3)C(=O)C(=O)N3CCCC[C@H]3C(=O)O2)CC[C@H]1O. The van der Waals surface area contributed by atoms with Crippen molar-refractivity contribution in [3.8, 4) is 0 Å². The van der Waals surface area contributed by atoms with Crippen molar-refractivity contribution in [3.63, 3.8) is 0 Å². The lowest BCUT2D eigenvalue weighted by molar-refractivity contribution is -0.266. The number of ketones is 3. The first-order valence-corrected chi connectivity index (χ1v) is 31.1. The third kappa shape index (κ3) is 25.0. The molecule has 1 aliphatic carbocycles. The average Bonchev–Trinajstić information content (AvgIpc) is 3.66. The predicted molar refractivity (Wildman–Crippen MR) is 316 cm³/mol. The fourth-order valence-electron chi connectivity index (χ4n) is 11.5. The number of hydrogen-bond donors (Lipinski definition) is 4. The number of nitrogens with zero attached hydrogens (tertiary/aromatic N) is 1. The van der Waals surface area contributed by atoms with E-state index in [4.69, 9.17) is 57.2 Å². The van der Waals surface area contributed by atoms with Crippen LogP contribution in [0.2, 0.25) is 0 Å². The van der Waals surface area contributed by atoms with E-state index in [0.29, 0.717) is 129 Å². The number of aliphatic hydroxyl groups is 4. The average molecular weight is 1210 g/mol. The van der Waals surface area contributed by atoms with Gasteiger partial charge in [0.15, 0.2) is 5.78 Å². The van der Waals surface area contributed by atoms with E-state index in [-0.39, 0.29) is 87.7 Å². The van der Waals surface area contributed by atoms with Crippen molar-refractivity contribution in [1.29, 1.82) is 0 Å². The van der Waals surface area contributed by atoms with E-state index >= 15 is 0 Å². The molecule has 1 amide bonds. The molecule has 0 aromatic rings. The number of hydrogen-bond acceptors (Lipinski definition) is 20. The number of carbonyl (C=O) groups excluding carboxylic acids is 5. The molecule has 2 bridgehead atoms. The Balaban J connectivity index is 1.51. The molecule has 4 N–H and O–H groups in total. The van der Waals surface area contributed by atoms with E-state index in [1.165, 1.54) is 12.0 Å². The number of piperidine rings is 1. The first-order chi connectivity index (χ1) is 40.7. The van der Waals surface area contributed by atoms with Crippen LogP contribution in [0.5, 0.6) is 0 Å². The number of carbonyl (C=O) groups is 5. The van der Waals surface area contributed by atoms with E-state index in [0.717, 1.165) is 5.57 Å². The first kappa shape index (κ1) is 73.8. The second-order valence-corrected chi connectivity index (χ2v) is 23.6. The number of allylic oxidation sites excluding steroid dienone is 6. The lowest BCUT2D eigenvalue weighted by Crippen LogP contribution is -2.61. The van der Waals surface area contributed by atoms with Crippen molar-refractivity contribution in [1.82, 2.24) is 4.90 Å². The number of amides is 1. The van der Waals surface area contributed by atoms with Crippen LogP contribution in [-0.4, -0.2) is 222 Å². The molecule has 0 spiro atoms. The molecule has 1 unspecified atom stereocenters. The molecule has 3 fully saturated rings. The van der Waals surface area contributed by atoms with Gasteiger partial charge in [-0.2, -0.15) is 0 Å². The molecule has 85 heavy (non-hydrogen) atoms. The van der Waals surface area contributed by atoms with E-state index in [1.807, 2.05) is 51.2 Å². The fraction of sp³-hybridized carbons (Fsp3) is 0.797. The van der Waals surface area contributed by atoms with Crippen LogP contribution in [0.15, 0.2) is 47.6 Å². The lowest BCUT2D eigenvalue weighted by Gasteiger charge is -2.43. The van der Waals surface area contributed by atoms with Gasteiger partial charge < -0.3 is 77.4 Å². The summed E-state index contributed by atoms with van der Waals surface area (Å²) < 4.78 is 63.4. The summed E-state index contributed by atoms with van der Waals surface area (Å²) >= 11 is 0. The van der Waals surface area contributed by atoms with Crippen molar-refractivity contribution >= 4 is 29.2 Å². The monoisotopic (exact) mass is 1210 g/mol. The summed E-state index contributed by atoms with van der Waals surface area (Å²) in [5, 5.41) is 43.1. The van der Waals surface area contributed by atoms with E-state index < -0.39 is 83.9 Å². The zero-order valence-corrected chi connectivity index (χ0v) is 52.4. The van der Waals surface area contributed by atoms with E-state index in [2.05, 4.69) is 0 Å². The zero-order chi connectivity index (χ0) is 62.3. The molecule has 486 valence electrons. The first-order valence-electron chi connectivity index (χ1n) is 31.1. The number of Topliss-reactive ketones (excluding diaryl/α,β-unsaturated/α-hetero) is 3. The van der Waals surface area contributed by atoms with E-state index in [1.54, 1.807) is 40.9 Å². The maximum Gasteiger partial charge on any atom is 0.329 e. The third-order valence-corrected chi connectivity index (χ3v) is 16.8. The van der Waals surface area contributed by atoms with Crippen molar-refractivity contribution in [2.75, 3.05) is 113 Å². The Hall–Kier alpha value is -3.65. The molecule has 15 atom stereocenters. The van der Waals surface area contributed by atoms with Gasteiger partial charge in [-0.3, -0.25) is 19.2 Å². The summed E-state index contributed by atoms with van der Waals surface area (Å²) in [4.78, 5) is 73.0. The minimum Gasteiger partial charge on any atom is -0.460 e. The summed E-state index contributed by atoms with van der Waals surface area (Å²) in [6.07, 6.45) is 10.3. The summed E-state index contributed by atoms with van der Waals surface area (Å²) in [6, 6.07) is -1.18. The second-order valence-electron chi connectivity index (χ2n) is 23.6. The Morgan fingerprint density at radius 2 is 1.32 bits per heavy atom. The smallest absolute Gasteiger partial charge is 0.329 e. The van der Waals surface area contributed by atoms with Crippen molar-refractivity contribution in [2.45, 2.75) is 180 Å². The zero-order valence-electron chi connectivity index (χ0n) is 52.4. The Morgan fingerprint density at radius 1 is 0.706 bits per heavy atom. The summed E-state index contributed by atoms with van der Waals surface area (Å²) in [5.41, 5.74) is 1.19. The molecule has 3 heterocycles. The number of cyclic esters (lactones) is 1. The molecule has 0 aromatic carbocycles. The highest BCUT2D eigenvalue weighted by Gasteiger charge is 2.53. The normalized spacial score (nSPS) is 33.7. The molecule has 4 rings (SSSR count). The van der Waals surface area contributed by atoms with Crippen LogP contribution < -0.4 is 0 Å². The van der Waals surface area contributed by atoms with Crippen LogP contribution in [0.1, 0.15) is 126 Å². The van der Waals surface area contributed by atoms with Crippen LogP contribution in [0.25, 0.3) is 0 Å². The van der Waals surface area contributed by atoms with Gasteiger partial charge in [-0.15, -0.1) is 0 Å². The quantitative estimate of drug-likeness (QED) is 0.0353. The number of ether oxygens (including phenoxy) is 11. The molecule has 21 nitrogen and oxygen atoms in total. The second kappa shape index (κ2) is 40.1. The Kier molecular flexibility index (Phi) is 34.8. The highest BCUT2D eigenvalue weighted by atomic mass is 16.6. The molecule has 21 heteroatoms. The van der Waals surface area contributed by atoms with Crippen molar-refractivity contribution in [3.05, 3.63) is 47.6 Å². The van der Waals surface area contributed by atoms with Gasteiger partial charge in [-0.25, -0.2) is 4.79 Å². The molecule has 1 saturated carbocycles. The molecule has 3 aliphatic heterocycles. The molecule has 0 radical (unpaired) electrons. The molecular formula is C64H105NO20. The molecule has 0 aromatic heterocycles. The van der Waals surface area contributed by atoms with Gasteiger partial charge in [0.05, 0.1) is 117 Å². The van der Waals surface area contributed by atoms with Crippen molar-refractivity contribution < 1.29 is 96.5 Å². The van der Waals surface area contributed by atoms with Gasteiger partial charge in [0.25, 0.3) is 11.7 Å². The highest BCUT2D eigenvalue weighted by molar-refractivity contribution is 6.39. The van der Waals surface area contributed by atoms with Crippen LogP contribution in [-0.2, 0) is 76.1 Å². The minimum absolute atomic E-state index is 0.0177. The number of aliphatic hydroxyl groups excluding tert-OH is 3. The Morgan fingerprint density at radius 3 is 1.92 bits per heavy atom. The van der Waals surface area contributed by atoms with Crippen LogP contribution in [0, 0.1) is 35.5 Å². The number of rotatable bonds is 26. The summed E-state index contributed by atoms with van der Waals surface area (Å²) in [5.74, 6) is -8.41. The Labute approximate surface area is 505 Å². The third-order valence-electron chi connectivity index (χ3n) is 16.8. The van der Waals surface area contributed by atoms with Crippen LogP contribution in [0.3, 0.4) is 0 Å². The number of methoxy groups -OCH3 is 2. The fourth-order valence-corrected chi connectivity index (χ4v) is 11.5. The van der Waals surface area contributed by atoms with Gasteiger partial charge in [0.1, 0.15) is 30.1 Å². The largest absolute Gasteiger partial charge is 0.460 e. The van der Waals surface area contributed by atoms with Gasteiger partial charge in [0.2, 0.25) is 5.79 Å². The molecule has 4 aliphatic rings. The molecule has 2 saturated heterocycles. The highest BCUT2D eigenvalue weighted by Crippen LogP contribution is 2.38. The van der Waals surface area contributed by atoms with Gasteiger partial charge in [0, 0.05) is 51.4 Å². The van der Waals surface area contributed by atoms with Crippen LogP contribution >= 0.6 is 0 Å². The topological polar surface area (TPSA) is 271 Å². The van der Waals surface area contributed by atoms with E-state index in [9.17, 15) is 39.3 Å². The maximum atomic E-state index is 14.6. The minimum atomic E-state index is -2.51. The van der Waals surface area contributed by atoms with Crippen molar-refractivity contribution in [2.24, 2.45) is 35.5 Å². The lowest BCUT2D eigenvalue weighted by atomic mass is 9.78.